The van der Waals surface area contributed by atoms with Crippen LogP contribution in [0.15, 0.2) is 24.4 Å². The zero-order chi connectivity index (χ0) is 13.9. The van der Waals surface area contributed by atoms with Crippen molar-refractivity contribution >= 4 is 0 Å². The van der Waals surface area contributed by atoms with E-state index in [1.165, 1.54) is 12.1 Å². The van der Waals surface area contributed by atoms with E-state index in [4.69, 9.17) is 0 Å². The molecule has 3 heteroatoms. The minimum absolute atomic E-state index is 0.307. The second-order valence-corrected chi connectivity index (χ2v) is 6.64. The van der Waals surface area contributed by atoms with Crippen molar-refractivity contribution in [3.05, 3.63) is 30.1 Å². The molecule has 2 unspecified atom stereocenters. The van der Waals surface area contributed by atoms with E-state index in [1.54, 1.807) is 0 Å². The third-order valence-corrected chi connectivity index (χ3v) is 4.14. The van der Waals surface area contributed by atoms with Crippen molar-refractivity contribution < 1.29 is 0 Å². The average molecular weight is 261 g/mol. The summed E-state index contributed by atoms with van der Waals surface area (Å²) in [5, 5.41) is 3.71. The van der Waals surface area contributed by atoms with Gasteiger partial charge in [-0.15, -0.1) is 0 Å². The lowest BCUT2D eigenvalue weighted by Crippen LogP contribution is -2.59. The molecular weight excluding hydrogens is 234 g/mol. The van der Waals surface area contributed by atoms with Crippen LogP contribution in [-0.4, -0.2) is 35.1 Å². The molecule has 2 rings (SSSR count). The number of nitrogens with one attached hydrogen (secondary N) is 1. The second-order valence-electron chi connectivity index (χ2n) is 6.64. The van der Waals surface area contributed by atoms with Gasteiger partial charge in [0.2, 0.25) is 0 Å². The maximum atomic E-state index is 4.47. The van der Waals surface area contributed by atoms with Crippen LogP contribution in [-0.2, 0) is 6.54 Å². The van der Waals surface area contributed by atoms with Crippen LogP contribution in [0.25, 0.3) is 0 Å². The molecule has 0 aliphatic carbocycles. The molecule has 1 saturated heterocycles. The summed E-state index contributed by atoms with van der Waals surface area (Å²) in [6.07, 6.45) is 3.08. The first-order valence-corrected chi connectivity index (χ1v) is 7.38. The predicted octanol–water partition coefficient (Wildman–Crippen LogP) is 2.68. The van der Waals surface area contributed by atoms with Gasteiger partial charge in [-0.05, 0) is 24.0 Å². The summed E-state index contributed by atoms with van der Waals surface area (Å²) in [7, 11) is 0. The first-order chi connectivity index (χ1) is 9.00. The van der Waals surface area contributed by atoms with Gasteiger partial charge in [0, 0.05) is 37.9 Å². The number of rotatable bonds is 3. The fourth-order valence-electron chi connectivity index (χ4n) is 2.73. The molecule has 0 radical (unpaired) electrons. The molecule has 1 aliphatic heterocycles. The SMILES string of the molecule is CCC1CNC(C(C)(C)C)CN1Cc1ccccn1. The lowest BCUT2D eigenvalue weighted by molar-refractivity contribution is 0.0765. The lowest BCUT2D eigenvalue weighted by Gasteiger charge is -2.44. The summed E-state index contributed by atoms with van der Waals surface area (Å²) >= 11 is 0. The van der Waals surface area contributed by atoms with E-state index in [0.717, 1.165) is 19.6 Å². The van der Waals surface area contributed by atoms with Gasteiger partial charge in [0.25, 0.3) is 0 Å². The molecule has 1 fully saturated rings. The van der Waals surface area contributed by atoms with Crippen LogP contribution >= 0.6 is 0 Å². The van der Waals surface area contributed by atoms with Crippen LogP contribution in [0.4, 0.5) is 0 Å². The van der Waals surface area contributed by atoms with E-state index in [9.17, 15) is 0 Å². The topological polar surface area (TPSA) is 28.2 Å². The van der Waals surface area contributed by atoms with Gasteiger partial charge in [0.1, 0.15) is 0 Å². The predicted molar refractivity (Wildman–Crippen MR) is 80.0 cm³/mol. The Morgan fingerprint density at radius 1 is 1.37 bits per heavy atom. The highest BCUT2D eigenvalue weighted by Gasteiger charge is 2.33. The van der Waals surface area contributed by atoms with Gasteiger partial charge in [-0.3, -0.25) is 9.88 Å². The van der Waals surface area contributed by atoms with Crippen molar-refractivity contribution in [2.45, 2.75) is 52.7 Å². The van der Waals surface area contributed by atoms with Crippen molar-refractivity contribution in [3.63, 3.8) is 0 Å². The maximum Gasteiger partial charge on any atom is 0.0544 e. The molecule has 0 saturated carbocycles. The fourth-order valence-corrected chi connectivity index (χ4v) is 2.73. The van der Waals surface area contributed by atoms with Crippen molar-refractivity contribution in [2.24, 2.45) is 5.41 Å². The largest absolute Gasteiger partial charge is 0.311 e. The molecular formula is C16H27N3. The number of aromatic nitrogens is 1. The second kappa shape index (κ2) is 6.02. The van der Waals surface area contributed by atoms with Gasteiger partial charge in [0.15, 0.2) is 0 Å². The van der Waals surface area contributed by atoms with E-state index in [-0.39, 0.29) is 0 Å². The Kier molecular flexibility index (Phi) is 4.58. The van der Waals surface area contributed by atoms with Crippen LogP contribution < -0.4 is 5.32 Å². The Labute approximate surface area is 117 Å². The molecule has 1 aliphatic rings. The van der Waals surface area contributed by atoms with E-state index >= 15 is 0 Å². The molecule has 19 heavy (non-hydrogen) atoms. The number of hydrogen-bond donors (Lipinski definition) is 1. The zero-order valence-electron chi connectivity index (χ0n) is 12.7. The highest BCUT2D eigenvalue weighted by molar-refractivity contribution is 5.04. The summed E-state index contributed by atoms with van der Waals surface area (Å²) in [4.78, 5) is 7.06. The first kappa shape index (κ1) is 14.5. The quantitative estimate of drug-likeness (QED) is 0.906. The van der Waals surface area contributed by atoms with Crippen LogP contribution in [0, 0.1) is 5.41 Å². The molecule has 2 heterocycles. The molecule has 0 bridgehead atoms. The Balaban J connectivity index is 2.06. The summed E-state index contributed by atoms with van der Waals surface area (Å²) in [5.41, 5.74) is 1.48. The Morgan fingerprint density at radius 2 is 2.16 bits per heavy atom. The number of piperazine rings is 1. The monoisotopic (exact) mass is 261 g/mol. The molecule has 0 aromatic carbocycles. The molecule has 1 aromatic heterocycles. The number of pyridine rings is 1. The smallest absolute Gasteiger partial charge is 0.0544 e. The van der Waals surface area contributed by atoms with Crippen molar-refractivity contribution in [1.29, 1.82) is 0 Å². The lowest BCUT2D eigenvalue weighted by atomic mass is 9.84. The van der Waals surface area contributed by atoms with Gasteiger partial charge in [-0.25, -0.2) is 0 Å². The number of hydrogen-bond acceptors (Lipinski definition) is 3. The summed E-state index contributed by atoms with van der Waals surface area (Å²) in [6.45, 7) is 12.4. The molecule has 1 aromatic rings. The fraction of sp³-hybridized carbons (Fsp3) is 0.688. The van der Waals surface area contributed by atoms with Crippen molar-refractivity contribution in [3.8, 4) is 0 Å². The van der Waals surface area contributed by atoms with E-state index in [2.05, 4.69) is 55.0 Å². The van der Waals surface area contributed by atoms with Crippen LogP contribution in [0.5, 0.6) is 0 Å². The van der Waals surface area contributed by atoms with Crippen LogP contribution in [0.1, 0.15) is 39.8 Å². The Hall–Kier alpha value is -0.930. The van der Waals surface area contributed by atoms with Gasteiger partial charge in [-0.1, -0.05) is 33.8 Å². The third kappa shape index (κ3) is 3.77. The van der Waals surface area contributed by atoms with E-state index in [0.29, 0.717) is 17.5 Å². The van der Waals surface area contributed by atoms with E-state index < -0.39 is 0 Å². The van der Waals surface area contributed by atoms with Crippen LogP contribution in [0.2, 0.25) is 0 Å². The summed E-state index contributed by atoms with van der Waals surface area (Å²) in [5.74, 6) is 0. The summed E-state index contributed by atoms with van der Waals surface area (Å²) < 4.78 is 0. The molecule has 3 nitrogen and oxygen atoms in total. The molecule has 1 N–H and O–H groups in total. The Bertz CT molecular complexity index is 383. The van der Waals surface area contributed by atoms with Crippen molar-refractivity contribution in [1.82, 2.24) is 15.2 Å². The normalized spacial score (nSPS) is 25.5. The molecule has 2 atom stereocenters. The average Bonchev–Trinajstić information content (AvgIpc) is 2.39. The minimum atomic E-state index is 0.307. The maximum absolute atomic E-state index is 4.47. The Morgan fingerprint density at radius 3 is 2.74 bits per heavy atom. The van der Waals surface area contributed by atoms with Gasteiger partial charge >= 0.3 is 0 Å². The zero-order valence-corrected chi connectivity index (χ0v) is 12.7. The molecule has 106 valence electrons. The van der Waals surface area contributed by atoms with Gasteiger partial charge in [-0.2, -0.15) is 0 Å². The van der Waals surface area contributed by atoms with Crippen molar-refractivity contribution in [2.75, 3.05) is 13.1 Å². The standard InChI is InChI=1S/C16H27N3/c1-5-14-10-18-15(16(2,3)4)12-19(14)11-13-8-6-7-9-17-13/h6-9,14-15,18H,5,10-12H2,1-4H3. The first-order valence-electron chi connectivity index (χ1n) is 7.38. The highest BCUT2D eigenvalue weighted by atomic mass is 15.2. The van der Waals surface area contributed by atoms with E-state index in [1.807, 2.05) is 12.3 Å². The number of nitrogens with zero attached hydrogens (tertiary/aromatic N) is 2. The summed E-state index contributed by atoms with van der Waals surface area (Å²) in [6, 6.07) is 7.36. The molecule has 0 amide bonds. The van der Waals surface area contributed by atoms with Crippen LogP contribution in [0.3, 0.4) is 0 Å². The molecule has 0 spiro atoms. The minimum Gasteiger partial charge on any atom is -0.311 e. The highest BCUT2D eigenvalue weighted by Crippen LogP contribution is 2.25. The third-order valence-electron chi connectivity index (χ3n) is 4.14. The van der Waals surface area contributed by atoms with Gasteiger partial charge in [0.05, 0.1) is 5.69 Å². The van der Waals surface area contributed by atoms with Gasteiger partial charge < -0.3 is 5.32 Å².